The minimum absolute atomic E-state index is 0.188. The molecule has 0 unspecified atom stereocenters. The molecule has 0 fully saturated rings. The fourth-order valence-electron chi connectivity index (χ4n) is 1.95. The van der Waals surface area contributed by atoms with E-state index in [2.05, 4.69) is 15.6 Å². The third-order valence-corrected chi connectivity index (χ3v) is 3.33. The van der Waals surface area contributed by atoms with Gasteiger partial charge in [-0.3, -0.25) is 15.1 Å². The Labute approximate surface area is 152 Å². The van der Waals surface area contributed by atoms with Crippen LogP contribution in [0.25, 0.3) is 0 Å². The Morgan fingerprint density at radius 1 is 1.04 bits per heavy atom. The van der Waals surface area contributed by atoms with Crippen LogP contribution in [0.1, 0.15) is 17.3 Å². The lowest BCUT2D eigenvalue weighted by Crippen LogP contribution is -2.41. The van der Waals surface area contributed by atoms with Gasteiger partial charge in [-0.2, -0.15) is 0 Å². The minimum Gasteiger partial charge on any atom is -0.457 e. The summed E-state index contributed by atoms with van der Waals surface area (Å²) >= 11 is 5.12. The first-order valence-corrected chi connectivity index (χ1v) is 8.08. The molecule has 0 aliphatic carbocycles. The number of hydrogen-bond acceptors (Lipinski definition) is 4. The topological polar surface area (TPSA) is 62.7 Å². The zero-order valence-corrected chi connectivity index (χ0v) is 14.8. The molecule has 0 atom stereocenters. The molecule has 0 radical (unpaired) electrons. The van der Waals surface area contributed by atoms with Gasteiger partial charge in [0.2, 0.25) is 0 Å². The monoisotopic (exact) mass is 353 g/mol. The van der Waals surface area contributed by atoms with Crippen LogP contribution in [0.4, 0.5) is 0 Å². The van der Waals surface area contributed by atoms with Crippen LogP contribution in [-0.2, 0) is 0 Å². The Morgan fingerprint density at radius 2 is 1.68 bits per heavy atom. The molecular weight excluding hydrogens is 334 g/mol. The second-order valence-electron chi connectivity index (χ2n) is 4.96. The van der Waals surface area contributed by atoms with Gasteiger partial charge in [-0.1, -0.05) is 24.3 Å². The van der Waals surface area contributed by atoms with Crippen molar-refractivity contribution in [2.24, 2.45) is 4.99 Å². The second kappa shape index (κ2) is 9.34. The van der Waals surface area contributed by atoms with Crippen LogP contribution in [0, 0.1) is 0 Å². The highest BCUT2D eigenvalue weighted by Gasteiger charge is 2.09. The van der Waals surface area contributed by atoms with Gasteiger partial charge in [0.15, 0.2) is 5.11 Å². The van der Waals surface area contributed by atoms with Gasteiger partial charge in [-0.15, -0.1) is 0 Å². The number of para-hydroxylation sites is 1. The van der Waals surface area contributed by atoms with Gasteiger partial charge in [-0.05, 0) is 61.6 Å². The first-order chi connectivity index (χ1) is 12.1. The number of benzene rings is 2. The van der Waals surface area contributed by atoms with E-state index in [1.807, 2.05) is 43.3 Å². The summed E-state index contributed by atoms with van der Waals surface area (Å²) in [5, 5.41) is 5.65. The van der Waals surface area contributed by atoms with E-state index in [1.165, 1.54) is 0 Å². The maximum absolute atomic E-state index is 12.2. The molecule has 2 aromatic rings. The lowest BCUT2D eigenvalue weighted by atomic mass is 10.2. The molecule has 0 heterocycles. The quantitative estimate of drug-likeness (QED) is 0.500. The smallest absolute Gasteiger partial charge is 0.257 e. The number of hydrogen-bond donors (Lipinski definition) is 2. The number of carbonyl (C=O) groups excluding carboxylic acids is 1. The minimum atomic E-state index is -0.306. The van der Waals surface area contributed by atoms with Gasteiger partial charge in [0.05, 0.1) is 0 Å². The summed E-state index contributed by atoms with van der Waals surface area (Å²) in [6.45, 7) is 1.87. The van der Waals surface area contributed by atoms with Crippen molar-refractivity contribution < 1.29 is 9.53 Å². The maximum atomic E-state index is 12.2. The molecule has 2 N–H and O–H groups in total. The fraction of sp³-hybridized carbons (Fsp3) is 0.105. The van der Waals surface area contributed by atoms with Gasteiger partial charge in [-0.25, -0.2) is 0 Å². The number of allylic oxidation sites excluding steroid dienone is 1. The number of carbonyl (C=O) groups is 1. The van der Waals surface area contributed by atoms with Crippen molar-refractivity contribution in [2.45, 2.75) is 6.92 Å². The molecule has 1 amide bonds. The SMILES string of the molecule is C/C=C\C(=N/C)NC(=S)NC(=O)c1ccc(Oc2ccccc2)cc1. The van der Waals surface area contributed by atoms with Crippen LogP contribution in [-0.4, -0.2) is 23.9 Å². The molecule has 0 saturated heterocycles. The molecule has 0 bridgehead atoms. The normalized spacial score (nSPS) is 11.2. The van der Waals surface area contributed by atoms with Crippen LogP contribution < -0.4 is 15.4 Å². The highest BCUT2D eigenvalue weighted by atomic mass is 32.1. The number of thiocarbonyl (C=S) groups is 1. The summed E-state index contributed by atoms with van der Waals surface area (Å²) in [6.07, 6.45) is 3.58. The Balaban J connectivity index is 1.95. The highest BCUT2D eigenvalue weighted by molar-refractivity contribution is 7.80. The molecule has 0 saturated carbocycles. The Kier molecular flexibility index (Phi) is 6.86. The molecular formula is C19H19N3O2S. The first-order valence-electron chi connectivity index (χ1n) is 7.67. The first kappa shape index (κ1) is 18.4. The zero-order chi connectivity index (χ0) is 18.1. The third-order valence-electron chi connectivity index (χ3n) is 3.13. The predicted molar refractivity (Wildman–Crippen MR) is 104 cm³/mol. The molecule has 25 heavy (non-hydrogen) atoms. The number of aliphatic imine (C=N–C) groups is 1. The van der Waals surface area contributed by atoms with Gasteiger partial charge in [0.1, 0.15) is 17.3 Å². The van der Waals surface area contributed by atoms with E-state index >= 15 is 0 Å². The molecule has 128 valence electrons. The van der Waals surface area contributed by atoms with Gasteiger partial charge < -0.3 is 10.1 Å². The van der Waals surface area contributed by atoms with Crippen molar-refractivity contribution >= 4 is 29.1 Å². The number of nitrogens with zero attached hydrogens (tertiary/aromatic N) is 1. The molecule has 2 rings (SSSR count). The molecule has 0 aromatic heterocycles. The second-order valence-corrected chi connectivity index (χ2v) is 5.36. The van der Waals surface area contributed by atoms with E-state index in [0.29, 0.717) is 17.1 Å². The van der Waals surface area contributed by atoms with Crippen LogP contribution in [0.5, 0.6) is 11.5 Å². The third kappa shape index (κ3) is 5.86. The van der Waals surface area contributed by atoms with Crippen molar-refractivity contribution in [3.63, 3.8) is 0 Å². The zero-order valence-electron chi connectivity index (χ0n) is 14.0. The van der Waals surface area contributed by atoms with Crippen molar-refractivity contribution in [1.29, 1.82) is 0 Å². The van der Waals surface area contributed by atoms with E-state index in [-0.39, 0.29) is 11.0 Å². The summed E-state index contributed by atoms with van der Waals surface area (Å²) in [7, 11) is 1.64. The maximum Gasteiger partial charge on any atom is 0.257 e. The average molecular weight is 353 g/mol. The van der Waals surface area contributed by atoms with E-state index in [9.17, 15) is 4.79 Å². The van der Waals surface area contributed by atoms with Crippen molar-refractivity contribution in [2.75, 3.05) is 7.05 Å². The molecule has 6 heteroatoms. The van der Waals surface area contributed by atoms with Crippen LogP contribution in [0.15, 0.2) is 71.7 Å². The average Bonchev–Trinajstić information content (AvgIpc) is 2.62. The van der Waals surface area contributed by atoms with Gasteiger partial charge >= 0.3 is 0 Å². The lowest BCUT2D eigenvalue weighted by molar-refractivity contribution is 0.0977. The molecule has 5 nitrogen and oxygen atoms in total. The van der Waals surface area contributed by atoms with Crippen LogP contribution >= 0.6 is 12.2 Å². The Hall–Kier alpha value is -2.99. The van der Waals surface area contributed by atoms with E-state index < -0.39 is 0 Å². The number of amides is 1. The van der Waals surface area contributed by atoms with Gasteiger partial charge in [0, 0.05) is 12.6 Å². The Bertz CT molecular complexity index is 784. The standard InChI is InChI=1S/C19H19N3O2S/c1-3-7-17(20-2)21-19(25)22-18(23)14-10-12-16(13-11-14)24-15-8-5-4-6-9-15/h3-13H,1-2H3,(H2,20,21,22,23,25)/b7-3-. The summed E-state index contributed by atoms with van der Waals surface area (Å²) < 4.78 is 5.70. The lowest BCUT2D eigenvalue weighted by Gasteiger charge is -2.10. The molecule has 0 aliphatic heterocycles. The molecule has 0 aliphatic rings. The number of ether oxygens (including phenoxy) is 1. The highest BCUT2D eigenvalue weighted by Crippen LogP contribution is 2.21. The summed E-state index contributed by atoms with van der Waals surface area (Å²) in [4.78, 5) is 16.2. The summed E-state index contributed by atoms with van der Waals surface area (Å²) in [6, 6.07) is 16.3. The Morgan fingerprint density at radius 3 is 2.28 bits per heavy atom. The van der Waals surface area contributed by atoms with Crippen molar-refractivity contribution in [3.05, 3.63) is 72.3 Å². The largest absolute Gasteiger partial charge is 0.457 e. The number of nitrogens with one attached hydrogen (secondary N) is 2. The van der Waals surface area contributed by atoms with E-state index in [4.69, 9.17) is 17.0 Å². The molecule has 0 spiro atoms. The van der Waals surface area contributed by atoms with Crippen molar-refractivity contribution in [3.8, 4) is 11.5 Å². The van der Waals surface area contributed by atoms with Gasteiger partial charge in [0.25, 0.3) is 5.91 Å². The fourth-order valence-corrected chi connectivity index (χ4v) is 2.15. The number of rotatable bonds is 4. The summed E-state index contributed by atoms with van der Waals surface area (Å²) in [5.74, 6) is 1.65. The summed E-state index contributed by atoms with van der Waals surface area (Å²) in [5.41, 5.74) is 0.477. The van der Waals surface area contributed by atoms with E-state index in [0.717, 1.165) is 5.75 Å². The predicted octanol–water partition coefficient (Wildman–Crippen LogP) is 3.69. The number of amidine groups is 1. The van der Waals surface area contributed by atoms with Crippen LogP contribution in [0.3, 0.4) is 0 Å². The van der Waals surface area contributed by atoms with Crippen molar-refractivity contribution in [1.82, 2.24) is 10.6 Å². The van der Waals surface area contributed by atoms with Crippen LogP contribution in [0.2, 0.25) is 0 Å². The van der Waals surface area contributed by atoms with E-state index in [1.54, 1.807) is 37.4 Å². The molecule has 2 aromatic carbocycles.